The standard InChI is InChI=1S/C18H20FNO3S/c1-2-14(20-18(21)16-10-6-7-11-17(16)19)12-13-24(22,23)15-8-4-3-5-9-15/h3-11,14H,2,12-13H2,1H3,(H,20,21)/t14-/m1/s1. The van der Waals surface area contributed by atoms with Crippen LogP contribution in [0.2, 0.25) is 0 Å². The summed E-state index contributed by atoms with van der Waals surface area (Å²) in [5.74, 6) is -1.20. The molecule has 1 N–H and O–H groups in total. The molecule has 0 heterocycles. The summed E-state index contributed by atoms with van der Waals surface area (Å²) in [5.41, 5.74) is -0.0399. The van der Waals surface area contributed by atoms with Crippen molar-refractivity contribution in [3.8, 4) is 0 Å². The molecule has 0 fully saturated rings. The van der Waals surface area contributed by atoms with E-state index in [2.05, 4.69) is 5.32 Å². The minimum atomic E-state index is -3.40. The normalized spacial score (nSPS) is 12.6. The lowest BCUT2D eigenvalue weighted by molar-refractivity contribution is 0.0931. The van der Waals surface area contributed by atoms with Crippen LogP contribution >= 0.6 is 0 Å². The van der Waals surface area contributed by atoms with Crippen molar-refractivity contribution in [1.82, 2.24) is 5.32 Å². The van der Waals surface area contributed by atoms with Crippen LogP contribution in [-0.2, 0) is 9.84 Å². The Balaban J connectivity index is 2.00. The van der Waals surface area contributed by atoms with E-state index >= 15 is 0 Å². The highest BCUT2D eigenvalue weighted by molar-refractivity contribution is 7.91. The zero-order chi connectivity index (χ0) is 17.6. The van der Waals surface area contributed by atoms with E-state index in [0.29, 0.717) is 6.42 Å². The molecule has 0 radical (unpaired) electrons. The molecule has 6 heteroatoms. The van der Waals surface area contributed by atoms with Gasteiger partial charge in [0, 0.05) is 6.04 Å². The Morgan fingerprint density at radius 1 is 1.08 bits per heavy atom. The Morgan fingerprint density at radius 2 is 1.71 bits per heavy atom. The number of rotatable bonds is 7. The maximum absolute atomic E-state index is 13.6. The molecule has 1 atom stereocenters. The van der Waals surface area contributed by atoms with E-state index in [1.807, 2.05) is 6.92 Å². The highest BCUT2D eigenvalue weighted by Crippen LogP contribution is 2.14. The van der Waals surface area contributed by atoms with E-state index in [4.69, 9.17) is 0 Å². The number of carbonyl (C=O) groups excluding carboxylic acids is 1. The summed E-state index contributed by atoms with van der Waals surface area (Å²) in [4.78, 5) is 12.4. The van der Waals surface area contributed by atoms with Crippen molar-refractivity contribution in [1.29, 1.82) is 0 Å². The lowest BCUT2D eigenvalue weighted by Gasteiger charge is -2.17. The maximum atomic E-state index is 13.6. The second-order valence-corrected chi connectivity index (χ2v) is 7.59. The third-order valence-electron chi connectivity index (χ3n) is 3.78. The SMILES string of the molecule is CC[C@H](CCS(=O)(=O)c1ccccc1)NC(=O)c1ccccc1F. The van der Waals surface area contributed by atoms with Gasteiger partial charge in [-0.15, -0.1) is 0 Å². The third kappa shape index (κ3) is 4.64. The van der Waals surface area contributed by atoms with Crippen LogP contribution in [0.25, 0.3) is 0 Å². The number of sulfone groups is 1. The first kappa shape index (κ1) is 18.1. The van der Waals surface area contributed by atoms with Gasteiger partial charge in [0.1, 0.15) is 5.82 Å². The summed E-state index contributed by atoms with van der Waals surface area (Å²) < 4.78 is 38.2. The van der Waals surface area contributed by atoms with Crippen molar-refractivity contribution in [2.24, 2.45) is 0 Å². The van der Waals surface area contributed by atoms with Crippen molar-refractivity contribution in [2.75, 3.05) is 5.75 Å². The van der Waals surface area contributed by atoms with Crippen LogP contribution in [0.4, 0.5) is 4.39 Å². The molecule has 0 saturated carbocycles. The first-order chi connectivity index (χ1) is 11.4. The van der Waals surface area contributed by atoms with Crippen LogP contribution in [0.1, 0.15) is 30.1 Å². The summed E-state index contributed by atoms with van der Waals surface area (Å²) in [6.07, 6.45) is 0.832. The van der Waals surface area contributed by atoms with Gasteiger partial charge in [-0.05, 0) is 37.1 Å². The van der Waals surface area contributed by atoms with E-state index in [1.54, 1.807) is 36.4 Å². The lowest BCUT2D eigenvalue weighted by atomic mass is 10.1. The number of carbonyl (C=O) groups is 1. The summed E-state index contributed by atoms with van der Waals surface area (Å²) in [6.45, 7) is 1.85. The molecule has 2 aromatic carbocycles. The highest BCUT2D eigenvalue weighted by Gasteiger charge is 2.19. The smallest absolute Gasteiger partial charge is 0.254 e. The van der Waals surface area contributed by atoms with Crippen molar-refractivity contribution in [2.45, 2.75) is 30.7 Å². The Bertz CT molecular complexity index is 791. The molecule has 4 nitrogen and oxygen atoms in total. The van der Waals surface area contributed by atoms with E-state index in [0.717, 1.165) is 0 Å². The molecule has 0 aromatic heterocycles. The van der Waals surface area contributed by atoms with Gasteiger partial charge in [0.2, 0.25) is 0 Å². The molecule has 0 unspecified atom stereocenters. The molecule has 0 aliphatic rings. The third-order valence-corrected chi connectivity index (χ3v) is 5.55. The fraction of sp³-hybridized carbons (Fsp3) is 0.278. The van der Waals surface area contributed by atoms with E-state index in [-0.39, 0.29) is 28.7 Å². The number of hydrogen-bond acceptors (Lipinski definition) is 3. The van der Waals surface area contributed by atoms with Gasteiger partial charge < -0.3 is 5.32 Å². The summed E-state index contributed by atoms with van der Waals surface area (Å²) in [5, 5.41) is 2.70. The zero-order valence-electron chi connectivity index (χ0n) is 13.4. The van der Waals surface area contributed by atoms with Gasteiger partial charge in [0.25, 0.3) is 5.91 Å². The summed E-state index contributed by atoms with van der Waals surface area (Å²) in [7, 11) is -3.40. The fourth-order valence-corrected chi connectivity index (χ4v) is 3.73. The Morgan fingerprint density at radius 3 is 2.33 bits per heavy atom. The molecule has 0 saturated heterocycles. The average Bonchev–Trinajstić information content (AvgIpc) is 2.59. The first-order valence-electron chi connectivity index (χ1n) is 7.77. The predicted molar refractivity (Wildman–Crippen MR) is 91.1 cm³/mol. The maximum Gasteiger partial charge on any atom is 0.254 e. The van der Waals surface area contributed by atoms with Gasteiger partial charge in [-0.25, -0.2) is 12.8 Å². The minimum Gasteiger partial charge on any atom is -0.349 e. The van der Waals surface area contributed by atoms with Crippen molar-refractivity contribution in [3.05, 3.63) is 66.0 Å². The van der Waals surface area contributed by atoms with Crippen LogP contribution in [0.15, 0.2) is 59.5 Å². The number of benzene rings is 2. The van der Waals surface area contributed by atoms with Gasteiger partial charge in [0.05, 0.1) is 16.2 Å². The largest absolute Gasteiger partial charge is 0.349 e. The number of amides is 1. The van der Waals surface area contributed by atoms with Crippen molar-refractivity contribution >= 4 is 15.7 Å². The summed E-state index contributed by atoms with van der Waals surface area (Å²) in [6, 6.07) is 13.6. The molecule has 128 valence electrons. The van der Waals surface area contributed by atoms with Gasteiger partial charge >= 0.3 is 0 Å². The van der Waals surface area contributed by atoms with Gasteiger partial charge in [0.15, 0.2) is 9.84 Å². The van der Waals surface area contributed by atoms with Crippen LogP contribution in [0.3, 0.4) is 0 Å². The number of hydrogen-bond donors (Lipinski definition) is 1. The minimum absolute atomic E-state index is 0.0399. The average molecular weight is 349 g/mol. The number of nitrogens with one attached hydrogen (secondary N) is 1. The second-order valence-electron chi connectivity index (χ2n) is 5.48. The lowest BCUT2D eigenvalue weighted by Crippen LogP contribution is -2.36. The van der Waals surface area contributed by atoms with Crippen LogP contribution in [0, 0.1) is 5.82 Å². The van der Waals surface area contributed by atoms with Gasteiger partial charge in [-0.2, -0.15) is 0 Å². The molecular formula is C18H20FNO3S. The molecular weight excluding hydrogens is 329 g/mol. The van der Waals surface area contributed by atoms with Gasteiger partial charge in [-0.3, -0.25) is 4.79 Å². The van der Waals surface area contributed by atoms with Crippen LogP contribution < -0.4 is 5.32 Å². The molecule has 0 aliphatic carbocycles. The van der Waals surface area contributed by atoms with Crippen molar-refractivity contribution < 1.29 is 17.6 Å². The predicted octanol–water partition coefficient (Wildman–Crippen LogP) is 3.20. The van der Waals surface area contributed by atoms with Crippen molar-refractivity contribution in [3.63, 3.8) is 0 Å². The molecule has 0 spiro atoms. The highest BCUT2D eigenvalue weighted by atomic mass is 32.2. The van der Waals surface area contributed by atoms with E-state index in [1.165, 1.54) is 18.2 Å². The van der Waals surface area contributed by atoms with Gasteiger partial charge in [-0.1, -0.05) is 37.3 Å². The Kier molecular flexibility index (Phi) is 6.09. The molecule has 0 bridgehead atoms. The van der Waals surface area contributed by atoms with E-state index < -0.39 is 21.6 Å². The Labute approximate surface area is 141 Å². The van der Waals surface area contributed by atoms with Crippen LogP contribution in [-0.4, -0.2) is 26.1 Å². The molecule has 2 aromatic rings. The quantitative estimate of drug-likeness (QED) is 0.835. The molecule has 2 rings (SSSR count). The molecule has 24 heavy (non-hydrogen) atoms. The first-order valence-corrected chi connectivity index (χ1v) is 9.42. The van der Waals surface area contributed by atoms with Crippen LogP contribution in [0.5, 0.6) is 0 Å². The molecule has 1 amide bonds. The second kappa shape index (κ2) is 8.06. The fourth-order valence-electron chi connectivity index (χ4n) is 2.33. The topological polar surface area (TPSA) is 63.2 Å². The molecule has 0 aliphatic heterocycles. The van der Waals surface area contributed by atoms with E-state index in [9.17, 15) is 17.6 Å². The monoisotopic (exact) mass is 349 g/mol. The summed E-state index contributed by atoms with van der Waals surface area (Å²) >= 11 is 0. The number of halogens is 1. The zero-order valence-corrected chi connectivity index (χ0v) is 14.2. The Hall–Kier alpha value is -2.21.